The predicted octanol–water partition coefficient (Wildman–Crippen LogP) is 1.22. The van der Waals surface area contributed by atoms with Crippen molar-refractivity contribution >= 4 is 17.8 Å². The van der Waals surface area contributed by atoms with Crippen molar-refractivity contribution in [2.45, 2.75) is 13.5 Å². The van der Waals surface area contributed by atoms with Gasteiger partial charge in [-0.3, -0.25) is 10.1 Å². The van der Waals surface area contributed by atoms with E-state index in [0.717, 1.165) is 11.3 Å². The summed E-state index contributed by atoms with van der Waals surface area (Å²) in [4.78, 5) is 25.4. The minimum atomic E-state index is -0.321. The molecule has 3 rings (SSSR count). The number of ether oxygens (including phenoxy) is 2. The lowest BCUT2D eigenvalue weighted by atomic mass is 10.2. The summed E-state index contributed by atoms with van der Waals surface area (Å²) < 4.78 is 12.3. The van der Waals surface area contributed by atoms with E-state index in [9.17, 15) is 9.59 Å². The maximum absolute atomic E-state index is 12.5. The topological polar surface area (TPSA) is 97.7 Å². The molecule has 1 aliphatic heterocycles. The van der Waals surface area contributed by atoms with Gasteiger partial charge in [-0.2, -0.15) is 5.10 Å². The molecule has 3 amide bonds. The maximum atomic E-state index is 12.5. The van der Waals surface area contributed by atoms with E-state index in [1.54, 1.807) is 25.0 Å². The number of piperazine rings is 1. The molecule has 2 aromatic rings. The molecular weight excluding hydrogens is 350 g/mol. The molecule has 9 heteroatoms. The average Bonchev–Trinajstić information content (AvgIpc) is 3.00. The Morgan fingerprint density at radius 2 is 2.04 bits per heavy atom. The number of nitrogens with one attached hydrogen (secondary N) is 2. The Labute approximate surface area is 157 Å². The van der Waals surface area contributed by atoms with Crippen molar-refractivity contribution in [3.63, 3.8) is 0 Å². The molecule has 1 saturated heterocycles. The second-order valence-electron chi connectivity index (χ2n) is 6.22. The van der Waals surface area contributed by atoms with Crippen molar-refractivity contribution in [1.82, 2.24) is 20.0 Å². The zero-order valence-corrected chi connectivity index (χ0v) is 15.6. The first kappa shape index (κ1) is 18.6. The monoisotopic (exact) mass is 373 g/mol. The van der Waals surface area contributed by atoms with Crippen LogP contribution in [0.3, 0.4) is 0 Å². The molecule has 2 N–H and O–H groups in total. The Morgan fingerprint density at radius 3 is 2.74 bits per heavy atom. The number of anilines is 1. The highest BCUT2D eigenvalue weighted by atomic mass is 16.5. The van der Waals surface area contributed by atoms with Crippen molar-refractivity contribution in [2.24, 2.45) is 0 Å². The van der Waals surface area contributed by atoms with Gasteiger partial charge in [0.1, 0.15) is 12.4 Å². The van der Waals surface area contributed by atoms with Crippen LogP contribution in [0, 0.1) is 6.92 Å². The van der Waals surface area contributed by atoms with Gasteiger partial charge in [0, 0.05) is 19.2 Å². The Bertz CT molecular complexity index is 848. The fourth-order valence-electron chi connectivity index (χ4n) is 2.92. The minimum Gasteiger partial charge on any atom is -0.493 e. The second-order valence-corrected chi connectivity index (χ2v) is 6.22. The van der Waals surface area contributed by atoms with Crippen LogP contribution >= 0.6 is 0 Å². The zero-order chi connectivity index (χ0) is 19.4. The molecule has 0 unspecified atom stereocenters. The fourth-order valence-corrected chi connectivity index (χ4v) is 2.92. The molecule has 144 valence electrons. The number of benzene rings is 1. The van der Waals surface area contributed by atoms with Crippen LogP contribution in [0.25, 0.3) is 0 Å². The number of amides is 3. The molecule has 0 aliphatic carbocycles. The Morgan fingerprint density at radius 1 is 1.26 bits per heavy atom. The highest BCUT2D eigenvalue weighted by molar-refractivity contribution is 5.92. The van der Waals surface area contributed by atoms with Crippen LogP contribution in [-0.2, 0) is 11.3 Å². The van der Waals surface area contributed by atoms with E-state index in [0.29, 0.717) is 37.0 Å². The van der Waals surface area contributed by atoms with Crippen molar-refractivity contribution in [1.29, 1.82) is 0 Å². The van der Waals surface area contributed by atoms with Gasteiger partial charge in [-0.05, 0) is 24.6 Å². The number of carbonyl (C=O) groups is 2. The molecule has 1 aromatic carbocycles. The third-order valence-corrected chi connectivity index (χ3v) is 4.24. The van der Waals surface area contributed by atoms with E-state index in [2.05, 4.69) is 15.7 Å². The van der Waals surface area contributed by atoms with Crippen LogP contribution in [0.4, 0.5) is 10.6 Å². The number of aryl methyl sites for hydroxylation is 1. The Hall–Kier alpha value is -3.23. The number of methoxy groups -OCH3 is 2. The van der Waals surface area contributed by atoms with E-state index in [4.69, 9.17) is 9.47 Å². The van der Waals surface area contributed by atoms with Crippen LogP contribution in [-0.4, -0.2) is 60.5 Å². The van der Waals surface area contributed by atoms with Crippen molar-refractivity contribution in [3.8, 4) is 11.5 Å². The number of rotatable bonds is 5. The van der Waals surface area contributed by atoms with Crippen molar-refractivity contribution in [2.75, 3.05) is 39.2 Å². The highest BCUT2D eigenvalue weighted by Gasteiger charge is 2.22. The number of hydrogen-bond donors (Lipinski definition) is 2. The van der Waals surface area contributed by atoms with Gasteiger partial charge >= 0.3 is 6.03 Å². The first-order valence-corrected chi connectivity index (χ1v) is 8.58. The summed E-state index contributed by atoms with van der Waals surface area (Å²) in [5, 5.41) is 9.99. The molecule has 0 bridgehead atoms. The van der Waals surface area contributed by atoms with Gasteiger partial charge in [0.05, 0.1) is 26.5 Å². The summed E-state index contributed by atoms with van der Waals surface area (Å²) >= 11 is 0. The lowest BCUT2D eigenvalue weighted by Gasteiger charge is -2.26. The number of urea groups is 1. The average molecular weight is 373 g/mol. The quantitative estimate of drug-likeness (QED) is 0.821. The first-order valence-electron chi connectivity index (χ1n) is 8.58. The third kappa shape index (κ3) is 4.30. The standard InChI is InChI=1S/C18H23N5O4/c1-12-8-16(20-18(25)22-7-6-19-17(24)11-22)23(21-12)10-13-4-5-14(26-2)15(9-13)27-3/h4-5,8-9H,6-7,10-11H2,1-3H3,(H,19,24)(H,20,25). The molecule has 1 fully saturated rings. The van der Waals surface area contributed by atoms with Crippen LogP contribution in [0.2, 0.25) is 0 Å². The lowest BCUT2D eigenvalue weighted by molar-refractivity contribution is -0.123. The molecule has 2 heterocycles. The van der Waals surface area contributed by atoms with Gasteiger partial charge in [0.25, 0.3) is 0 Å². The van der Waals surface area contributed by atoms with Crippen molar-refractivity contribution < 1.29 is 19.1 Å². The normalized spacial score (nSPS) is 13.9. The molecule has 0 atom stereocenters. The van der Waals surface area contributed by atoms with Crippen molar-refractivity contribution in [3.05, 3.63) is 35.5 Å². The van der Waals surface area contributed by atoms with Gasteiger partial charge in [0.2, 0.25) is 5.91 Å². The summed E-state index contributed by atoms with van der Waals surface area (Å²) in [6.07, 6.45) is 0. The highest BCUT2D eigenvalue weighted by Crippen LogP contribution is 2.28. The SMILES string of the molecule is COc1ccc(Cn2nc(C)cc2NC(=O)N2CCNC(=O)C2)cc1OC. The lowest BCUT2D eigenvalue weighted by Crippen LogP contribution is -2.51. The third-order valence-electron chi connectivity index (χ3n) is 4.24. The maximum Gasteiger partial charge on any atom is 0.323 e. The van der Waals surface area contributed by atoms with Gasteiger partial charge in [-0.25, -0.2) is 9.48 Å². The van der Waals surface area contributed by atoms with Gasteiger partial charge in [-0.1, -0.05) is 6.07 Å². The van der Waals surface area contributed by atoms with E-state index in [1.165, 1.54) is 4.90 Å². The first-order chi connectivity index (χ1) is 13.0. The summed E-state index contributed by atoms with van der Waals surface area (Å²) in [5.74, 6) is 1.68. The summed E-state index contributed by atoms with van der Waals surface area (Å²) in [6, 6.07) is 7.09. The predicted molar refractivity (Wildman–Crippen MR) is 99.2 cm³/mol. The van der Waals surface area contributed by atoms with Gasteiger partial charge < -0.3 is 19.7 Å². The summed E-state index contributed by atoms with van der Waals surface area (Å²) in [7, 11) is 3.17. The molecule has 0 spiro atoms. The molecule has 0 saturated carbocycles. The number of carbonyl (C=O) groups excluding carboxylic acids is 2. The smallest absolute Gasteiger partial charge is 0.323 e. The minimum absolute atomic E-state index is 0.0502. The van der Waals surface area contributed by atoms with E-state index < -0.39 is 0 Å². The number of aromatic nitrogens is 2. The summed E-state index contributed by atoms with van der Waals surface area (Å²) in [6.45, 7) is 3.28. The Kier molecular flexibility index (Phi) is 5.49. The van der Waals surface area contributed by atoms with E-state index in [-0.39, 0.29) is 18.5 Å². The molecule has 1 aromatic heterocycles. The summed E-state index contributed by atoms with van der Waals surface area (Å²) in [5.41, 5.74) is 1.73. The Balaban J connectivity index is 1.76. The largest absolute Gasteiger partial charge is 0.493 e. The van der Waals surface area contributed by atoms with Gasteiger partial charge in [-0.15, -0.1) is 0 Å². The number of hydrogen-bond acceptors (Lipinski definition) is 5. The molecule has 1 aliphatic rings. The fraction of sp³-hybridized carbons (Fsp3) is 0.389. The molecular formula is C18H23N5O4. The van der Waals surface area contributed by atoms with E-state index >= 15 is 0 Å². The zero-order valence-electron chi connectivity index (χ0n) is 15.6. The second kappa shape index (κ2) is 7.98. The molecule has 27 heavy (non-hydrogen) atoms. The molecule has 0 radical (unpaired) electrons. The van der Waals surface area contributed by atoms with Crippen LogP contribution in [0.5, 0.6) is 11.5 Å². The molecule has 9 nitrogen and oxygen atoms in total. The van der Waals surface area contributed by atoms with Crippen LogP contribution < -0.4 is 20.1 Å². The van der Waals surface area contributed by atoms with Crippen LogP contribution in [0.15, 0.2) is 24.3 Å². The van der Waals surface area contributed by atoms with E-state index in [1.807, 2.05) is 25.1 Å². The number of nitrogens with zero attached hydrogens (tertiary/aromatic N) is 3. The van der Waals surface area contributed by atoms with Gasteiger partial charge in [0.15, 0.2) is 11.5 Å². The van der Waals surface area contributed by atoms with Crippen LogP contribution in [0.1, 0.15) is 11.3 Å².